The highest BCUT2D eigenvalue weighted by atomic mass is 32.2. The lowest BCUT2D eigenvalue weighted by atomic mass is 9.85. The van der Waals surface area contributed by atoms with E-state index in [4.69, 9.17) is 0 Å². The molecule has 0 bridgehead atoms. The molecule has 0 N–H and O–H groups in total. The maximum Gasteiger partial charge on any atom is 0.136 e. The summed E-state index contributed by atoms with van der Waals surface area (Å²) in [7, 11) is 0. The first-order chi connectivity index (χ1) is 13.5. The highest BCUT2D eigenvalue weighted by Gasteiger charge is 2.28. The normalized spacial score (nSPS) is 19.6. The Balaban J connectivity index is 1.72. The minimum absolute atomic E-state index is 0.149. The van der Waals surface area contributed by atoms with Gasteiger partial charge in [-0.3, -0.25) is 9.59 Å². The minimum Gasteiger partial charge on any atom is -0.299 e. The number of hydrogen-bond donors (Lipinski definition) is 0. The summed E-state index contributed by atoms with van der Waals surface area (Å²) in [6.07, 6.45) is 17.1. The summed E-state index contributed by atoms with van der Waals surface area (Å²) >= 11 is 3.95. The quantitative estimate of drug-likeness (QED) is 0.287. The van der Waals surface area contributed by atoms with Gasteiger partial charge in [0, 0.05) is 36.2 Å². The number of carbonyl (C=O) groups excluding carboxylic acids is 2. The lowest BCUT2D eigenvalue weighted by Gasteiger charge is -2.29. The van der Waals surface area contributed by atoms with E-state index in [2.05, 4.69) is 13.8 Å². The van der Waals surface area contributed by atoms with Crippen LogP contribution >= 0.6 is 23.5 Å². The third kappa shape index (κ3) is 8.81. The topological polar surface area (TPSA) is 34.1 Å². The standard InChI is InChI=1S/C24H42O2S2/c1-3-4-17-24(2,27-18-15-22(25)20-11-7-5-8-12-20)28-19-16-23(26)21-13-9-6-10-14-21/h20-21H,3-19H2,1-2H3. The van der Waals surface area contributed by atoms with Crippen LogP contribution in [0, 0.1) is 11.8 Å². The van der Waals surface area contributed by atoms with Crippen molar-refractivity contribution in [3.63, 3.8) is 0 Å². The number of unbranched alkanes of at least 4 members (excludes halogenated alkanes) is 1. The van der Waals surface area contributed by atoms with Gasteiger partial charge in [0.1, 0.15) is 11.6 Å². The van der Waals surface area contributed by atoms with Crippen molar-refractivity contribution in [3.05, 3.63) is 0 Å². The fourth-order valence-corrected chi connectivity index (χ4v) is 7.56. The van der Waals surface area contributed by atoms with E-state index >= 15 is 0 Å². The van der Waals surface area contributed by atoms with Crippen LogP contribution in [0.4, 0.5) is 0 Å². The average Bonchev–Trinajstić information content (AvgIpc) is 2.73. The molecule has 2 nitrogen and oxygen atoms in total. The van der Waals surface area contributed by atoms with Gasteiger partial charge in [0.2, 0.25) is 0 Å². The summed E-state index contributed by atoms with van der Waals surface area (Å²) in [5.74, 6) is 3.58. The van der Waals surface area contributed by atoms with E-state index in [1.54, 1.807) is 0 Å². The molecule has 0 spiro atoms. The van der Waals surface area contributed by atoms with Gasteiger partial charge >= 0.3 is 0 Å². The van der Waals surface area contributed by atoms with Crippen LogP contribution in [0.2, 0.25) is 0 Å². The average molecular weight is 427 g/mol. The van der Waals surface area contributed by atoms with Gasteiger partial charge in [-0.15, -0.1) is 23.5 Å². The van der Waals surface area contributed by atoms with Gasteiger partial charge in [0.05, 0.1) is 4.08 Å². The summed E-state index contributed by atoms with van der Waals surface area (Å²) in [5, 5.41) is 0. The van der Waals surface area contributed by atoms with Crippen LogP contribution in [0.5, 0.6) is 0 Å². The molecule has 0 radical (unpaired) electrons. The number of carbonyl (C=O) groups is 2. The van der Waals surface area contributed by atoms with Crippen LogP contribution < -0.4 is 0 Å². The monoisotopic (exact) mass is 426 g/mol. The Bertz CT molecular complexity index is 429. The minimum atomic E-state index is 0.149. The molecule has 4 heteroatoms. The molecule has 0 heterocycles. The third-order valence-corrected chi connectivity index (χ3v) is 9.77. The molecule has 0 saturated heterocycles. The van der Waals surface area contributed by atoms with E-state index in [1.807, 2.05) is 23.5 Å². The van der Waals surface area contributed by atoms with Crippen molar-refractivity contribution in [1.82, 2.24) is 0 Å². The Kier molecular flexibility index (Phi) is 11.6. The maximum absolute atomic E-state index is 12.5. The molecule has 0 unspecified atom stereocenters. The van der Waals surface area contributed by atoms with Crippen molar-refractivity contribution in [2.75, 3.05) is 11.5 Å². The third-order valence-electron chi connectivity index (χ3n) is 6.62. The highest BCUT2D eigenvalue weighted by molar-refractivity contribution is 8.18. The van der Waals surface area contributed by atoms with Gasteiger partial charge < -0.3 is 0 Å². The van der Waals surface area contributed by atoms with E-state index in [1.165, 1.54) is 57.8 Å². The zero-order valence-electron chi connectivity index (χ0n) is 18.3. The first kappa shape index (κ1) is 24.3. The molecular formula is C24H42O2S2. The molecule has 0 aromatic heterocycles. The Hall–Kier alpha value is 0.0400. The van der Waals surface area contributed by atoms with E-state index in [9.17, 15) is 9.59 Å². The molecule has 0 aliphatic heterocycles. The van der Waals surface area contributed by atoms with Gasteiger partial charge in [-0.25, -0.2) is 0 Å². The van der Waals surface area contributed by atoms with Crippen molar-refractivity contribution in [2.24, 2.45) is 11.8 Å². The molecule has 0 aromatic rings. The van der Waals surface area contributed by atoms with Crippen LogP contribution in [-0.2, 0) is 9.59 Å². The van der Waals surface area contributed by atoms with Gasteiger partial charge in [0.25, 0.3) is 0 Å². The summed E-state index contributed by atoms with van der Waals surface area (Å²) in [6, 6.07) is 0. The molecule has 0 aromatic carbocycles. The zero-order valence-corrected chi connectivity index (χ0v) is 19.9. The molecule has 2 aliphatic carbocycles. The largest absolute Gasteiger partial charge is 0.299 e. The number of thioether (sulfide) groups is 2. The first-order valence-corrected chi connectivity index (χ1v) is 13.8. The van der Waals surface area contributed by atoms with Crippen LogP contribution in [0.15, 0.2) is 0 Å². The van der Waals surface area contributed by atoms with Crippen LogP contribution in [0.3, 0.4) is 0 Å². The molecule has 2 fully saturated rings. The lowest BCUT2D eigenvalue weighted by molar-refractivity contribution is -0.124. The molecule has 2 saturated carbocycles. The molecular weight excluding hydrogens is 384 g/mol. The second kappa shape index (κ2) is 13.4. The SMILES string of the molecule is CCCCC(C)(SCCC(=O)C1CCCCC1)SCCC(=O)C1CCCCC1. The summed E-state index contributed by atoms with van der Waals surface area (Å²) < 4.78 is 0.149. The Morgan fingerprint density at radius 3 is 1.61 bits per heavy atom. The molecule has 162 valence electrons. The van der Waals surface area contributed by atoms with Crippen molar-refractivity contribution in [3.8, 4) is 0 Å². The Morgan fingerprint density at radius 2 is 1.21 bits per heavy atom. The Labute approximate surface area is 182 Å². The molecule has 0 amide bonds. The summed E-state index contributed by atoms with van der Waals surface area (Å²) in [5.41, 5.74) is 0. The number of Topliss-reactive ketones (excluding diaryl/α,β-unsaturated/α-hetero) is 2. The van der Waals surface area contributed by atoms with Gasteiger partial charge in [-0.1, -0.05) is 58.3 Å². The molecule has 2 rings (SSSR count). The second-order valence-corrected chi connectivity index (χ2v) is 12.5. The van der Waals surface area contributed by atoms with Gasteiger partial charge in [0.15, 0.2) is 0 Å². The zero-order chi connectivity index (χ0) is 20.2. The summed E-state index contributed by atoms with van der Waals surface area (Å²) in [4.78, 5) is 25.0. The first-order valence-electron chi connectivity index (χ1n) is 11.9. The molecule has 28 heavy (non-hydrogen) atoms. The highest BCUT2D eigenvalue weighted by Crippen LogP contribution is 2.42. The van der Waals surface area contributed by atoms with E-state index in [-0.39, 0.29) is 4.08 Å². The Morgan fingerprint density at radius 1 is 0.786 bits per heavy atom. The second-order valence-electron chi connectivity index (χ2n) is 9.04. The van der Waals surface area contributed by atoms with Crippen LogP contribution in [0.25, 0.3) is 0 Å². The predicted octanol–water partition coefficient (Wildman–Crippen LogP) is 7.44. The summed E-state index contributed by atoms with van der Waals surface area (Å²) in [6.45, 7) is 4.59. The van der Waals surface area contributed by atoms with Gasteiger partial charge in [-0.2, -0.15) is 0 Å². The van der Waals surface area contributed by atoms with Crippen molar-refractivity contribution in [2.45, 2.75) is 114 Å². The fraction of sp³-hybridized carbons (Fsp3) is 0.917. The van der Waals surface area contributed by atoms with Crippen molar-refractivity contribution < 1.29 is 9.59 Å². The molecule has 2 aliphatic rings. The predicted molar refractivity (Wildman–Crippen MR) is 125 cm³/mol. The smallest absolute Gasteiger partial charge is 0.136 e. The number of hydrogen-bond acceptors (Lipinski definition) is 4. The lowest BCUT2D eigenvalue weighted by Crippen LogP contribution is -2.22. The van der Waals surface area contributed by atoms with E-state index in [0.717, 1.165) is 50.0 Å². The van der Waals surface area contributed by atoms with E-state index < -0.39 is 0 Å². The van der Waals surface area contributed by atoms with Crippen molar-refractivity contribution >= 4 is 35.1 Å². The van der Waals surface area contributed by atoms with Crippen molar-refractivity contribution in [1.29, 1.82) is 0 Å². The number of rotatable bonds is 13. The molecule has 0 atom stereocenters. The number of ketones is 2. The van der Waals surface area contributed by atoms with Gasteiger partial charge in [-0.05, 0) is 39.0 Å². The fourth-order valence-electron chi connectivity index (χ4n) is 4.68. The van der Waals surface area contributed by atoms with Crippen LogP contribution in [-0.4, -0.2) is 27.2 Å². The maximum atomic E-state index is 12.5. The van der Waals surface area contributed by atoms with Crippen LogP contribution in [0.1, 0.15) is 110 Å². The van der Waals surface area contributed by atoms with E-state index in [0.29, 0.717) is 23.4 Å².